The monoisotopic (exact) mass is 867 g/mol. The highest BCUT2D eigenvalue weighted by Gasteiger charge is 2.56. The van der Waals surface area contributed by atoms with Gasteiger partial charge in [-0.15, -0.1) is 9.04 Å². The van der Waals surface area contributed by atoms with Crippen LogP contribution in [0.15, 0.2) is 13.5 Å². The molecule has 6 aliphatic rings. The predicted molar refractivity (Wildman–Crippen MR) is 220 cm³/mol. The molecule has 330 valence electrons. The zero-order valence-corrected chi connectivity index (χ0v) is 39.3. The van der Waals surface area contributed by atoms with E-state index in [9.17, 15) is 20.8 Å². The largest absolute Gasteiger partial charge is 0.547 e. The van der Waals surface area contributed by atoms with E-state index in [1.165, 1.54) is 20.3 Å². The zero-order chi connectivity index (χ0) is 42.0. The third-order valence-corrected chi connectivity index (χ3v) is 20.1. The molecule has 2 atom stereocenters. The summed E-state index contributed by atoms with van der Waals surface area (Å²) in [4.78, 5) is 0. The van der Waals surface area contributed by atoms with Crippen LogP contribution in [0.4, 0.5) is 0 Å². The summed E-state index contributed by atoms with van der Waals surface area (Å²) < 4.78 is 52.3. The van der Waals surface area contributed by atoms with Crippen molar-refractivity contribution in [3.63, 3.8) is 0 Å². The van der Waals surface area contributed by atoms with Crippen LogP contribution in [-0.4, -0.2) is 131 Å². The molecule has 0 aliphatic carbocycles. The van der Waals surface area contributed by atoms with Crippen molar-refractivity contribution >= 4 is 23.4 Å². The summed E-state index contributed by atoms with van der Waals surface area (Å²) in [5.41, 5.74) is -3.78. The Morgan fingerprint density at radius 3 is 1.25 bits per heavy atom. The Hall–Kier alpha value is 0.000000000000000125. The van der Waals surface area contributed by atoms with E-state index < -0.39 is 75.0 Å². The molecule has 2 unspecified atom stereocenters. The zero-order valence-electron chi connectivity index (χ0n) is 36.6. The van der Waals surface area contributed by atoms with Crippen molar-refractivity contribution in [1.29, 1.82) is 0 Å². The van der Waals surface area contributed by atoms with Crippen LogP contribution < -0.4 is 5.32 Å². The summed E-state index contributed by atoms with van der Waals surface area (Å²) in [5.74, 6) is 0. The van der Waals surface area contributed by atoms with Gasteiger partial charge in [0.25, 0.3) is 0 Å². The number of hydroxylamine groups is 8. The van der Waals surface area contributed by atoms with Gasteiger partial charge in [0.15, 0.2) is 0 Å². The smallest absolute Gasteiger partial charge is 0.317 e. The fourth-order valence-electron chi connectivity index (χ4n) is 10.2. The highest BCUT2D eigenvalue weighted by molar-refractivity contribution is 7.74. The minimum Gasteiger partial charge on any atom is -0.317 e. The first-order chi connectivity index (χ1) is 26.2. The van der Waals surface area contributed by atoms with E-state index in [1.54, 1.807) is 0 Å². The Kier molecular flexibility index (Phi) is 13.5. The van der Waals surface area contributed by atoms with Gasteiger partial charge in [-0.2, -0.15) is 20.3 Å². The quantitative estimate of drug-likeness (QED) is 0.131. The van der Waals surface area contributed by atoms with Crippen molar-refractivity contribution in [1.82, 2.24) is 25.6 Å². The summed E-state index contributed by atoms with van der Waals surface area (Å²) in [7, 11) is -9.39. The van der Waals surface area contributed by atoms with Gasteiger partial charge in [0.05, 0.1) is 24.4 Å². The van der Waals surface area contributed by atoms with Crippen LogP contribution in [0.2, 0.25) is 0 Å². The fourth-order valence-corrected chi connectivity index (χ4v) is 18.7. The third-order valence-electron chi connectivity index (χ3n) is 12.5. The molecule has 6 aliphatic heterocycles. The second-order valence-electron chi connectivity index (χ2n) is 21.0. The Bertz CT molecular complexity index is 1490. The van der Waals surface area contributed by atoms with Gasteiger partial charge >= 0.3 is 23.4 Å². The second kappa shape index (κ2) is 16.6. The van der Waals surface area contributed by atoms with Crippen LogP contribution in [0, 0.1) is 0 Å². The van der Waals surface area contributed by atoms with Crippen LogP contribution in [-0.2, 0) is 22.6 Å². The van der Waals surface area contributed by atoms with E-state index in [0.29, 0.717) is 64.5 Å². The van der Waals surface area contributed by atoms with Gasteiger partial charge in [0.2, 0.25) is 0 Å². The number of hydrogen-bond acceptors (Lipinski definition) is 17. The summed E-state index contributed by atoms with van der Waals surface area (Å²) in [5, 5.41) is 53.3. The lowest BCUT2D eigenvalue weighted by molar-refractivity contribution is -0.258. The second-order valence-corrected chi connectivity index (χ2v) is 26.7. The van der Waals surface area contributed by atoms with Gasteiger partial charge in [0.1, 0.15) is 6.10 Å². The molecule has 0 aromatic carbocycles. The van der Waals surface area contributed by atoms with Gasteiger partial charge in [-0.25, -0.2) is 0 Å². The summed E-state index contributed by atoms with van der Waals surface area (Å²) in [6, 6.07) is 0. The minimum absolute atomic E-state index is 0.106. The molecule has 5 N–H and O–H groups in total. The van der Waals surface area contributed by atoms with Gasteiger partial charge < -0.3 is 44.2 Å². The Balaban J connectivity index is 1.53. The van der Waals surface area contributed by atoms with Gasteiger partial charge in [-0.05, 0) is 160 Å². The molecule has 0 bridgehead atoms. The lowest BCUT2D eigenvalue weighted by Crippen LogP contribution is -2.61. The molecular formula is C37H74N8O9P3+. The van der Waals surface area contributed by atoms with Crippen LogP contribution in [0.25, 0.3) is 0 Å². The Labute approximate surface area is 342 Å². The van der Waals surface area contributed by atoms with E-state index >= 15 is 0 Å². The van der Waals surface area contributed by atoms with E-state index in [-0.39, 0.29) is 12.2 Å². The summed E-state index contributed by atoms with van der Waals surface area (Å²) in [6.45, 7) is 26.5. The number of hydrogen-bond donors (Lipinski definition) is 5. The maximum Gasteiger partial charge on any atom is 0.547 e. The van der Waals surface area contributed by atoms with Crippen molar-refractivity contribution in [3.8, 4) is 0 Å². The van der Waals surface area contributed by atoms with E-state index in [0.717, 1.165) is 25.9 Å². The van der Waals surface area contributed by atoms with E-state index in [2.05, 4.69) is 5.32 Å². The number of piperidine rings is 5. The van der Waals surface area contributed by atoms with Crippen molar-refractivity contribution in [2.24, 2.45) is 13.5 Å². The normalized spacial score (nSPS) is 34.0. The van der Waals surface area contributed by atoms with Crippen molar-refractivity contribution in [2.45, 2.75) is 211 Å². The molecule has 5 fully saturated rings. The van der Waals surface area contributed by atoms with E-state index in [1.807, 2.05) is 83.1 Å². The summed E-state index contributed by atoms with van der Waals surface area (Å²) >= 11 is 0. The van der Waals surface area contributed by atoms with Crippen LogP contribution in [0.3, 0.4) is 0 Å². The standard InChI is InChI=1S/C37H74N8O9P3/c1-32(2)21-29(22-33(3,4)43(32)47)52-56(51-28-15-19-42(46)20-16-28)39-55(50-27-13-17-38-18-14-27)40-57(41-56,53-30-23-34(5,6)44(48)35(7,8)24-30)54-31-25-36(9,10)45(49)37(11,12)26-31/h27-31,38,46-49H,13-26H2,1-12H3/q+1. The highest BCUT2D eigenvalue weighted by atomic mass is 31.3. The first kappa shape index (κ1) is 46.5. The highest BCUT2D eigenvalue weighted by Crippen LogP contribution is 2.77. The average molecular weight is 868 g/mol. The first-order valence-electron chi connectivity index (χ1n) is 21.0. The molecule has 0 amide bonds. The average Bonchev–Trinajstić information content (AvgIpc) is 3.05. The molecule has 0 aromatic rings. The number of nitrogens with zero attached hydrogens (tertiary/aromatic N) is 7. The Morgan fingerprint density at radius 2 is 0.860 bits per heavy atom. The number of nitrogens with one attached hydrogen (secondary N) is 1. The molecule has 0 aromatic heterocycles. The van der Waals surface area contributed by atoms with Crippen LogP contribution in [0.5, 0.6) is 0 Å². The summed E-state index contributed by atoms with van der Waals surface area (Å²) in [6.07, 6.45) is 3.94. The van der Waals surface area contributed by atoms with Crippen molar-refractivity contribution in [3.05, 3.63) is 0 Å². The lowest BCUT2D eigenvalue weighted by atomic mass is 9.80. The molecule has 6 heterocycles. The van der Waals surface area contributed by atoms with Gasteiger partial charge in [-0.1, -0.05) is 0 Å². The minimum atomic E-state index is -3.74. The molecule has 0 saturated carbocycles. The maximum absolute atomic E-state index is 11.3. The van der Waals surface area contributed by atoms with Crippen LogP contribution in [0.1, 0.15) is 147 Å². The van der Waals surface area contributed by atoms with E-state index in [4.69, 9.17) is 36.2 Å². The van der Waals surface area contributed by atoms with Gasteiger partial charge in [-0.3, -0.25) is 0 Å². The third kappa shape index (κ3) is 10.6. The van der Waals surface area contributed by atoms with Crippen molar-refractivity contribution < 1.29 is 43.4 Å². The van der Waals surface area contributed by atoms with Gasteiger partial charge in [0, 0.05) is 55.4 Å². The first-order valence-corrected chi connectivity index (χ1v) is 25.2. The molecule has 20 heteroatoms. The molecule has 6 rings (SSSR count). The predicted octanol–water partition coefficient (Wildman–Crippen LogP) is 9.31. The maximum atomic E-state index is 11.3. The van der Waals surface area contributed by atoms with Crippen LogP contribution >= 0.6 is 23.4 Å². The molecule has 5 saturated heterocycles. The SMILES string of the molecule is CC1(C)CC(OP2(OC3CC(C)(C)N(O)C(C)(C)C3)=N[P+](OC3CCNCC3)=NP(OC3CCN(O)CC3)(OC3CC(C)(C)N(O)C(C)(C)C3)=N2)CC(C)(C)N1O. The topological polar surface area (TPSA) is 189 Å². The molecule has 17 nitrogen and oxygen atoms in total. The fraction of sp³-hybridized carbons (Fsp3) is 1.00. The Morgan fingerprint density at radius 1 is 0.509 bits per heavy atom. The lowest BCUT2D eigenvalue weighted by Gasteiger charge is -2.52. The van der Waals surface area contributed by atoms with Crippen molar-refractivity contribution in [2.75, 3.05) is 26.2 Å². The molecule has 0 radical (unpaired) electrons. The molecular weight excluding hydrogens is 793 g/mol. The molecule has 0 spiro atoms. The molecule has 57 heavy (non-hydrogen) atoms. The number of rotatable bonds is 10.